The molecule has 8 aromatic rings. The van der Waals surface area contributed by atoms with E-state index in [1.54, 1.807) is 0 Å². The van der Waals surface area contributed by atoms with Crippen molar-refractivity contribution in [3.05, 3.63) is 175 Å². The van der Waals surface area contributed by atoms with E-state index in [-0.39, 0.29) is 5.41 Å². The fraction of sp³-hybridized carbons (Fsp3) is 0.192. The van der Waals surface area contributed by atoms with Crippen molar-refractivity contribution < 1.29 is 12.8 Å². The average Bonchev–Trinajstić information content (AvgIpc) is 3.62. The maximum Gasteiger partial charge on any atom is 0.207 e. The van der Waals surface area contributed by atoms with E-state index in [9.17, 15) is 8.42 Å². The van der Waals surface area contributed by atoms with Gasteiger partial charge in [-0.15, -0.1) is 0 Å². The second-order valence-electron chi connectivity index (χ2n) is 16.9. The summed E-state index contributed by atoms with van der Waals surface area (Å²) in [6, 6.07) is 56.8. The molecule has 278 valence electrons. The Morgan fingerprint density at radius 2 is 1.12 bits per heavy atom. The van der Waals surface area contributed by atoms with Crippen molar-refractivity contribution in [3.63, 3.8) is 0 Å². The number of nitrogens with zero attached hydrogens (tertiary/aromatic N) is 1. The summed E-state index contributed by atoms with van der Waals surface area (Å²) in [6.07, 6.45) is 6.03. The summed E-state index contributed by atoms with van der Waals surface area (Å²) < 4.78 is 35.6. The number of furan rings is 1. The van der Waals surface area contributed by atoms with Crippen molar-refractivity contribution in [1.29, 1.82) is 0 Å². The van der Waals surface area contributed by atoms with Crippen LogP contribution in [-0.2, 0) is 15.3 Å². The lowest BCUT2D eigenvalue weighted by atomic mass is 9.42. The topological polar surface area (TPSA) is 50.5 Å². The van der Waals surface area contributed by atoms with Gasteiger partial charge in [-0.2, -0.15) is 0 Å². The molecule has 0 amide bonds. The van der Waals surface area contributed by atoms with Crippen molar-refractivity contribution >= 4 is 48.8 Å². The molecule has 57 heavy (non-hydrogen) atoms. The van der Waals surface area contributed by atoms with Crippen molar-refractivity contribution in [2.75, 3.05) is 4.90 Å². The minimum Gasteiger partial charge on any atom is -0.456 e. The lowest BCUT2D eigenvalue weighted by Crippen LogP contribution is -2.57. The van der Waals surface area contributed by atoms with Gasteiger partial charge in [0.2, 0.25) is 9.84 Å². The zero-order valence-corrected chi connectivity index (χ0v) is 32.3. The van der Waals surface area contributed by atoms with Crippen LogP contribution in [0.2, 0.25) is 0 Å². The van der Waals surface area contributed by atoms with Crippen LogP contribution in [0.3, 0.4) is 0 Å². The summed E-state index contributed by atoms with van der Waals surface area (Å²) >= 11 is 0. The first-order valence-electron chi connectivity index (χ1n) is 20.4. The first-order valence-corrected chi connectivity index (χ1v) is 21.9. The van der Waals surface area contributed by atoms with Crippen LogP contribution in [-0.4, -0.2) is 8.42 Å². The molecule has 4 aliphatic carbocycles. The Bertz CT molecular complexity index is 2970. The zero-order valence-electron chi connectivity index (χ0n) is 31.5. The van der Waals surface area contributed by atoms with Gasteiger partial charge >= 0.3 is 0 Å². The molecule has 4 fully saturated rings. The summed E-state index contributed by atoms with van der Waals surface area (Å²) in [5.41, 5.74) is 10.9. The maximum atomic E-state index is 14.7. The number of hydrogen-bond acceptors (Lipinski definition) is 4. The summed E-state index contributed by atoms with van der Waals surface area (Å²) in [5.74, 6) is 2.34. The second kappa shape index (κ2) is 12.3. The molecule has 0 radical (unpaired) electrons. The summed E-state index contributed by atoms with van der Waals surface area (Å²) in [5, 5.41) is 2.24. The van der Waals surface area contributed by atoms with Crippen LogP contribution < -0.4 is 4.90 Å². The van der Waals surface area contributed by atoms with Crippen LogP contribution in [0.1, 0.15) is 43.2 Å². The van der Waals surface area contributed by atoms with Gasteiger partial charge in [0, 0.05) is 33.1 Å². The zero-order chi connectivity index (χ0) is 37.9. The Kier molecular flexibility index (Phi) is 7.17. The molecule has 2 heterocycles. The monoisotopic (exact) mass is 759 g/mol. The van der Waals surface area contributed by atoms with E-state index in [1.807, 2.05) is 36.4 Å². The van der Waals surface area contributed by atoms with Crippen molar-refractivity contribution in [3.8, 4) is 22.3 Å². The third kappa shape index (κ3) is 4.82. The fourth-order valence-corrected chi connectivity index (χ4v) is 13.8. The van der Waals surface area contributed by atoms with E-state index >= 15 is 0 Å². The molecule has 1 aliphatic heterocycles. The van der Waals surface area contributed by atoms with Gasteiger partial charge in [-0.1, -0.05) is 103 Å². The van der Waals surface area contributed by atoms with E-state index in [0.717, 1.165) is 84.2 Å². The number of sulfone groups is 1. The van der Waals surface area contributed by atoms with E-state index in [4.69, 9.17) is 4.42 Å². The minimum absolute atomic E-state index is 0.329. The Balaban J connectivity index is 1.05. The quantitative estimate of drug-likeness (QED) is 0.175. The molecule has 0 unspecified atom stereocenters. The molecule has 4 bridgehead atoms. The number of rotatable bonds is 5. The summed E-state index contributed by atoms with van der Waals surface area (Å²) in [4.78, 5) is 3.34. The number of fused-ring (bicyclic) bond motifs is 5. The first kappa shape index (κ1) is 33.3. The Hall–Kier alpha value is -5.91. The lowest BCUT2D eigenvalue weighted by molar-refractivity contribution is -0.0446. The average molecular weight is 760 g/mol. The molecule has 5 heteroatoms. The van der Waals surface area contributed by atoms with Crippen LogP contribution in [0.15, 0.2) is 178 Å². The lowest BCUT2D eigenvalue weighted by Gasteiger charge is -2.63. The van der Waals surface area contributed by atoms with Crippen molar-refractivity contribution in [2.45, 2.75) is 47.3 Å². The highest BCUT2D eigenvalue weighted by atomic mass is 32.2. The summed E-state index contributed by atoms with van der Waals surface area (Å²) in [7, 11) is -3.72. The number of para-hydroxylation sites is 2. The molecular weight excluding hydrogens is 719 g/mol. The molecule has 0 saturated heterocycles. The van der Waals surface area contributed by atoms with Crippen LogP contribution in [0, 0.1) is 23.7 Å². The summed E-state index contributed by atoms with van der Waals surface area (Å²) in [6.45, 7) is 0. The smallest absolute Gasteiger partial charge is 0.207 e. The van der Waals surface area contributed by atoms with Crippen LogP contribution in [0.25, 0.3) is 44.2 Å². The highest BCUT2D eigenvalue weighted by Crippen LogP contribution is 2.68. The molecule has 4 nitrogen and oxygen atoms in total. The molecule has 1 aromatic heterocycles. The molecular formula is C52H41NO3S. The van der Waals surface area contributed by atoms with E-state index in [0.29, 0.717) is 21.6 Å². The highest BCUT2D eigenvalue weighted by Gasteiger charge is 2.62. The van der Waals surface area contributed by atoms with Gasteiger partial charge in [0.1, 0.15) is 11.2 Å². The minimum atomic E-state index is -3.72. The molecule has 0 N–H and O–H groups in total. The molecule has 5 aliphatic rings. The maximum absolute atomic E-state index is 14.7. The van der Waals surface area contributed by atoms with E-state index < -0.39 is 9.84 Å². The number of hydrogen-bond donors (Lipinski definition) is 0. The van der Waals surface area contributed by atoms with Crippen LogP contribution in [0.4, 0.5) is 17.1 Å². The van der Waals surface area contributed by atoms with Gasteiger partial charge in [0.25, 0.3) is 0 Å². The predicted octanol–water partition coefficient (Wildman–Crippen LogP) is 13.3. The van der Waals surface area contributed by atoms with Crippen LogP contribution in [0.5, 0.6) is 0 Å². The third-order valence-electron chi connectivity index (χ3n) is 14.1. The standard InChI is InChI=1S/C52H41NO3S/c54-57(55)50-17-9-6-14-45(50)52(38-27-33-26-34(29-38)30-39(52)28-33)46-32-41(23-25-51(46)57)53(47-15-7-4-12-42(47)36-10-2-1-3-11-36)40-21-18-35(19-22-40)37-20-24-44-43-13-5-8-16-48(43)56-49(44)31-37/h1-25,31-34,38-39H,26-30H2. The molecule has 0 atom stereocenters. The Morgan fingerprint density at radius 3 is 1.93 bits per heavy atom. The molecule has 13 rings (SSSR count). The Labute approximate surface area is 333 Å². The van der Waals surface area contributed by atoms with E-state index in [1.165, 1.54) is 32.1 Å². The molecule has 4 saturated carbocycles. The van der Waals surface area contributed by atoms with Crippen molar-refractivity contribution in [2.24, 2.45) is 23.7 Å². The SMILES string of the molecule is O=S1(=O)c2ccccc2C2(c3cc(N(c4ccc(-c5ccc6c(c5)oc5ccccc56)cc4)c4ccccc4-c4ccccc4)ccc31)C1CC3CC(C1)CC2C3. The van der Waals surface area contributed by atoms with Gasteiger partial charge in [-0.05, 0) is 144 Å². The van der Waals surface area contributed by atoms with Gasteiger partial charge < -0.3 is 9.32 Å². The largest absolute Gasteiger partial charge is 0.456 e. The second-order valence-corrected chi connectivity index (χ2v) is 18.8. The van der Waals surface area contributed by atoms with E-state index in [2.05, 4.69) is 132 Å². The van der Waals surface area contributed by atoms with Crippen molar-refractivity contribution in [1.82, 2.24) is 0 Å². The normalized spacial score (nSPS) is 23.8. The molecule has 7 aromatic carbocycles. The number of benzene rings is 7. The predicted molar refractivity (Wildman–Crippen MR) is 229 cm³/mol. The van der Waals surface area contributed by atoms with Crippen LogP contribution >= 0.6 is 0 Å². The highest BCUT2D eigenvalue weighted by molar-refractivity contribution is 7.91. The first-order chi connectivity index (χ1) is 28.0. The molecule has 1 spiro atoms. The van der Waals surface area contributed by atoms with Gasteiger partial charge in [0.15, 0.2) is 0 Å². The third-order valence-corrected chi connectivity index (χ3v) is 15.9. The van der Waals surface area contributed by atoms with Gasteiger partial charge in [-0.25, -0.2) is 8.42 Å². The Morgan fingerprint density at radius 1 is 0.491 bits per heavy atom. The fourth-order valence-electron chi connectivity index (χ4n) is 12.0. The van der Waals surface area contributed by atoms with Gasteiger partial charge in [0.05, 0.1) is 15.5 Å². The van der Waals surface area contributed by atoms with Gasteiger partial charge in [-0.3, -0.25) is 0 Å². The number of anilines is 3.